The summed E-state index contributed by atoms with van der Waals surface area (Å²) in [7, 11) is 0. The average molecular weight is 284 g/mol. The van der Waals surface area contributed by atoms with Crippen LogP contribution >= 0.6 is 0 Å². The van der Waals surface area contributed by atoms with Crippen molar-refractivity contribution in [3.8, 4) is 11.8 Å². The lowest BCUT2D eigenvalue weighted by molar-refractivity contribution is -0.118. The van der Waals surface area contributed by atoms with E-state index < -0.39 is 0 Å². The quantitative estimate of drug-likeness (QED) is 0.797. The summed E-state index contributed by atoms with van der Waals surface area (Å²) in [5.41, 5.74) is 0. The van der Waals surface area contributed by atoms with Gasteiger partial charge in [-0.3, -0.25) is 4.79 Å². The number of piperazine rings is 1. The van der Waals surface area contributed by atoms with Crippen LogP contribution in [0.4, 0.5) is 5.82 Å². The summed E-state index contributed by atoms with van der Waals surface area (Å²) >= 11 is 0. The van der Waals surface area contributed by atoms with Crippen LogP contribution in [0.2, 0.25) is 0 Å². The summed E-state index contributed by atoms with van der Waals surface area (Å²) in [5, 5.41) is 0. The molecule has 0 radical (unpaired) electrons. The molecule has 1 fully saturated rings. The standard InChI is InChI=1S/C15H16N4O2/c20-12-18-8-10-19(11-9-18)14-6-7-16-15(17-14)21-13-4-2-1-3-5-13/h1-7,12H,8-11H2. The van der Waals surface area contributed by atoms with Gasteiger partial charge in [0.15, 0.2) is 0 Å². The molecule has 6 nitrogen and oxygen atoms in total. The predicted molar refractivity (Wildman–Crippen MR) is 78.4 cm³/mol. The monoisotopic (exact) mass is 284 g/mol. The molecule has 0 spiro atoms. The summed E-state index contributed by atoms with van der Waals surface area (Å²) in [6.45, 7) is 2.95. The number of nitrogens with zero attached hydrogens (tertiary/aromatic N) is 4. The largest absolute Gasteiger partial charge is 0.424 e. The Balaban J connectivity index is 1.70. The van der Waals surface area contributed by atoms with Crippen LogP contribution in [0, 0.1) is 0 Å². The molecular formula is C15H16N4O2. The number of benzene rings is 1. The summed E-state index contributed by atoms with van der Waals surface area (Å²) in [6, 6.07) is 11.6. The van der Waals surface area contributed by atoms with E-state index in [-0.39, 0.29) is 0 Å². The summed E-state index contributed by atoms with van der Waals surface area (Å²) in [4.78, 5) is 23.2. The van der Waals surface area contributed by atoms with Crippen LogP contribution in [-0.4, -0.2) is 47.5 Å². The Labute approximate surface area is 123 Å². The minimum absolute atomic E-state index is 0.330. The first-order chi connectivity index (χ1) is 10.3. The van der Waals surface area contributed by atoms with Gasteiger partial charge in [-0.1, -0.05) is 18.2 Å². The number of amides is 1. The van der Waals surface area contributed by atoms with E-state index in [0.717, 1.165) is 25.3 Å². The minimum atomic E-state index is 0.330. The second kappa shape index (κ2) is 6.21. The topological polar surface area (TPSA) is 58.6 Å². The fraction of sp³-hybridized carbons (Fsp3) is 0.267. The fourth-order valence-corrected chi connectivity index (χ4v) is 2.21. The highest BCUT2D eigenvalue weighted by Crippen LogP contribution is 2.20. The molecule has 1 aromatic carbocycles. The van der Waals surface area contributed by atoms with Gasteiger partial charge in [0.05, 0.1) is 0 Å². The molecule has 108 valence electrons. The van der Waals surface area contributed by atoms with Gasteiger partial charge in [-0.05, 0) is 18.2 Å². The van der Waals surface area contributed by atoms with Crippen LogP contribution in [0.15, 0.2) is 42.6 Å². The van der Waals surface area contributed by atoms with Gasteiger partial charge in [-0.25, -0.2) is 4.98 Å². The smallest absolute Gasteiger partial charge is 0.323 e. The van der Waals surface area contributed by atoms with Crippen molar-refractivity contribution in [1.29, 1.82) is 0 Å². The van der Waals surface area contributed by atoms with Crippen LogP contribution < -0.4 is 9.64 Å². The molecule has 0 aliphatic carbocycles. The fourth-order valence-electron chi connectivity index (χ4n) is 2.21. The Kier molecular flexibility index (Phi) is 3.95. The van der Waals surface area contributed by atoms with Gasteiger partial charge in [-0.2, -0.15) is 4.98 Å². The zero-order valence-electron chi connectivity index (χ0n) is 11.6. The highest BCUT2D eigenvalue weighted by atomic mass is 16.5. The second-order valence-corrected chi connectivity index (χ2v) is 4.74. The highest BCUT2D eigenvalue weighted by molar-refractivity contribution is 5.49. The van der Waals surface area contributed by atoms with E-state index in [2.05, 4.69) is 14.9 Å². The number of hydrogen-bond acceptors (Lipinski definition) is 5. The lowest BCUT2D eigenvalue weighted by Gasteiger charge is -2.33. The normalized spacial score (nSPS) is 14.9. The van der Waals surface area contributed by atoms with Crippen molar-refractivity contribution in [3.63, 3.8) is 0 Å². The van der Waals surface area contributed by atoms with E-state index >= 15 is 0 Å². The molecule has 2 heterocycles. The predicted octanol–water partition coefficient (Wildman–Crippen LogP) is 1.55. The third kappa shape index (κ3) is 3.28. The number of aromatic nitrogens is 2. The van der Waals surface area contributed by atoms with Crippen molar-refractivity contribution in [2.45, 2.75) is 0 Å². The molecule has 1 aliphatic rings. The second-order valence-electron chi connectivity index (χ2n) is 4.74. The molecule has 3 rings (SSSR count). The van der Waals surface area contributed by atoms with E-state index in [1.165, 1.54) is 0 Å². The van der Waals surface area contributed by atoms with Crippen LogP contribution in [0.5, 0.6) is 11.8 Å². The first-order valence-electron chi connectivity index (χ1n) is 6.85. The van der Waals surface area contributed by atoms with Gasteiger partial charge in [0.25, 0.3) is 0 Å². The molecule has 6 heteroatoms. The van der Waals surface area contributed by atoms with Gasteiger partial charge in [0.1, 0.15) is 11.6 Å². The first kappa shape index (κ1) is 13.4. The summed E-state index contributed by atoms with van der Waals surface area (Å²) < 4.78 is 5.64. The molecule has 1 aliphatic heterocycles. The lowest BCUT2D eigenvalue weighted by atomic mass is 10.3. The van der Waals surface area contributed by atoms with Crippen LogP contribution in [0.1, 0.15) is 0 Å². The summed E-state index contributed by atoms with van der Waals surface area (Å²) in [6.07, 6.45) is 2.58. The maximum absolute atomic E-state index is 10.7. The van der Waals surface area contributed by atoms with E-state index in [4.69, 9.17) is 4.74 Å². The van der Waals surface area contributed by atoms with Crippen molar-refractivity contribution in [2.75, 3.05) is 31.1 Å². The number of ether oxygens (including phenoxy) is 1. The Morgan fingerprint density at radius 1 is 1.05 bits per heavy atom. The molecule has 1 aromatic heterocycles. The number of carbonyl (C=O) groups excluding carboxylic acids is 1. The molecular weight excluding hydrogens is 268 g/mol. The van der Waals surface area contributed by atoms with E-state index in [1.54, 1.807) is 11.1 Å². The van der Waals surface area contributed by atoms with Crippen LogP contribution in [0.3, 0.4) is 0 Å². The van der Waals surface area contributed by atoms with Crippen molar-refractivity contribution in [2.24, 2.45) is 0 Å². The van der Waals surface area contributed by atoms with Crippen molar-refractivity contribution in [1.82, 2.24) is 14.9 Å². The zero-order valence-corrected chi connectivity index (χ0v) is 11.6. The molecule has 0 atom stereocenters. The molecule has 0 saturated carbocycles. The van der Waals surface area contributed by atoms with E-state index in [1.807, 2.05) is 36.4 Å². The molecule has 21 heavy (non-hydrogen) atoms. The highest BCUT2D eigenvalue weighted by Gasteiger charge is 2.17. The van der Waals surface area contributed by atoms with E-state index in [0.29, 0.717) is 24.8 Å². The van der Waals surface area contributed by atoms with Crippen molar-refractivity contribution >= 4 is 12.2 Å². The Hall–Kier alpha value is -2.63. The molecule has 1 amide bonds. The van der Waals surface area contributed by atoms with Gasteiger partial charge in [-0.15, -0.1) is 0 Å². The number of carbonyl (C=O) groups is 1. The maximum Gasteiger partial charge on any atom is 0.323 e. The van der Waals surface area contributed by atoms with E-state index in [9.17, 15) is 4.79 Å². The maximum atomic E-state index is 10.7. The van der Waals surface area contributed by atoms with Crippen LogP contribution in [0.25, 0.3) is 0 Å². The van der Waals surface area contributed by atoms with Crippen molar-refractivity contribution in [3.05, 3.63) is 42.6 Å². The Morgan fingerprint density at radius 3 is 2.52 bits per heavy atom. The SMILES string of the molecule is O=CN1CCN(c2ccnc(Oc3ccccc3)n2)CC1. The first-order valence-corrected chi connectivity index (χ1v) is 6.85. The number of para-hydroxylation sites is 1. The van der Waals surface area contributed by atoms with Gasteiger partial charge in [0.2, 0.25) is 6.41 Å². The average Bonchev–Trinajstić information content (AvgIpc) is 2.56. The molecule has 0 N–H and O–H groups in total. The van der Waals surface area contributed by atoms with Crippen LogP contribution in [-0.2, 0) is 4.79 Å². The minimum Gasteiger partial charge on any atom is -0.424 e. The molecule has 0 bridgehead atoms. The van der Waals surface area contributed by atoms with Gasteiger partial charge < -0.3 is 14.5 Å². The summed E-state index contributed by atoms with van der Waals surface area (Å²) in [5.74, 6) is 1.53. The Bertz CT molecular complexity index is 598. The van der Waals surface area contributed by atoms with Gasteiger partial charge in [0, 0.05) is 32.4 Å². The van der Waals surface area contributed by atoms with Gasteiger partial charge >= 0.3 is 6.01 Å². The lowest BCUT2D eigenvalue weighted by Crippen LogP contribution is -2.46. The zero-order chi connectivity index (χ0) is 14.5. The number of hydrogen-bond donors (Lipinski definition) is 0. The number of anilines is 1. The number of rotatable bonds is 4. The molecule has 2 aromatic rings. The Morgan fingerprint density at radius 2 is 1.81 bits per heavy atom. The third-order valence-corrected chi connectivity index (χ3v) is 3.36. The molecule has 1 saturated heterocycles. The third-order valence-electron chi connectivity index (χ3n) is 3.36. The molecule has 0 unspecified atom stereocenters. The van der Waals surface area contributed by atoms with Crippen molar-refractivity contribution < 1.29 is 9.53 Å².